The third kappa shape index (κ3) is 4.52. The van der Waals surface area contributed by atoms with E-state index in [0.717, 1.165) is 11.3 Å². The van der Waals surface area contributed by atoms with E-state index in [2.05, 4.69) is 10.2 Å². The van der Waals surface area contributed by atoms with Gasteiger partial charge in [0.05, 0.1) is 12.8 Å². The van der Waals surface area contributed by atoms with Crippen LogP contribution in [0.2, 0.25) is 5.02 Å². The maximum Gasteiger partial charge on any atom is 0.314 e. The van der Waals surface area contributed by atoms with Crippen molar-refractivity contribution in [2.45, 2.75) is 6.92 Å². The minimum Gasteiger partial charge on any atom is -0.495 e. The average Bonchev–Trinajstić information content (AvgIpc) is 2.67. The lowest BCUT2D eigenvalue weighted by Crippen LogP contribution is -2.51. The first-order valence-electron chi connectivity index (χ1n) is 8.73. The van der Waals surface area contributed by atoms with Gasteiger partial charge in [-0.15, -0.1) is 0 Å². The summed E-state index contributed by atoms with van der Waals surface area (Å²) in [6.07, 6.45) is 0. The first-order valence-corrected chi connectivity index (χ1v) is 9.11. The molecule has 1 aliphatic rings. The molecule has 0 unspecified atom stereocenters. The van der Waals surface area contributed by atoms with E-state index < -0.39 is 11.8 Å². The highest BCUT2D eigenvalue weighted by Crippen LogP contribution is 2.25. The normalized spacial score (nSPS) is 14.0. The summed E-state index contributed by atoms with van der Waals surface area (Å²) < 4.78 is 5.24. The average molecular weight is 388 g/mol. The Hall–Kier alpha value is -2.73. The van der Waals surface area contributed by atoms with Gasteiger partial charge in [-0.25, -0.2) is 0 Å². The van der Waals surface area contributed by atoms with Gasteiger partial charge in [0.1, 0.15) is 5.75 Å². The molecule has 1 saturated heterocycles. The Morgan fingerprint density at radius 3 is 2.48 bits per heavy atom. The number of carbonyl (C=O) groups is 2. The van der Waals surface area contributed by atoms with Crippen LogP contribution >= 0.6 is 11.6 Å². The molecular formula is C20H22ClN3O3. The molecule has 27 heavy (non-hydrogen) atoms. The Bertz CT molecular complexity index is 848. The van der Waals surface area contributed by atoms with Crippen LogP contribution in [0.5, 0.6) is 5.75 Å². The molecule has 7 heteroatoms. The van der Waals surface area contributed by atoms with Crippen molar-refractivity contribution in [3.8, 4) is 5.75 Å². The van der Waals surface area contributed by atoms with Crippen molar-refractivity contribution >= 4 is 34.8 Å². The number of hydrogen-bond acceptors (Lipinski definition) is 4. The van der Waals surface area contributed by atoms with Crippen LogP contribution < -0.4 is 15.0 Å². The summed E-state index contributed by atoms with van der Waals surface area (Å²) in [5.41, 5.74) is 2.48. The molecule has 3 rings (SSSR count). The zero-order chi connectivity index (χ0) is 19.4. The summed E-state index contributed by atoms with van der Waals surface area (Å²) in [7, 11) is 1.53. The second-order valence-corrected chi connectivity index (χ2v) is 6.85. The number of ether oxygens (including phenoxy) is 1. The fourth-order valence-electron chi connectivity index (χ4n) is 3.08. The Labute approximate surface area is 163 Å². The summed E-state index contributed by atoms with van der Waals surface area (Å²) in [4.78, 5) is 28.6. The van der Waals surface area contributed by atoms with Gasteiger partial charge in [0.15, 0.2) is 0 Å². The Morgan fingerprint density at radius 2 is 1.81 bits per heavy atom. The molecule has 0 aliphatic carbocycles. The number of hydrogen-bond donors (Lipinski definition) is 1. The number of benzene rings is 2. The van der Waals surface area contributed by atoms with E-state index in [4.69, 9.17) is 16.3 Å². The summed E-state index contributed by atoms with van der Waals surface area (Å²) >= 11 is 6.04. The summed E-state index contributed by atoms with van der Waals surface area (Å²) in [6, 6.07) is 13.0. The number of rotatable bonds is 3. The quantitative estimate of drug-likeness (QED) is 0.822. The second kappa shape index (κ2) is 8.31. The zero-order valence-electron chi connectivity index (χ0n) is 15.4. The lowest BCUT2D eigenvalue weighted by molar-refractivity contribution is -0.143. The van der Waals surface area contributed by atoms with Crippen molar-refractivity contribution in [2.75, 3.05) is 43.5 Å². The Morgan fingerprint density at radius 1 is 1.07 bits per heavy atom. The standard InChI is InChI=1S/C20H22ClN3O3/c1-14-6-7-18(27-2)17(12-14)22-19(25)20(26)24-10-8-23(9-11-24)16-5-3-4-15(21)13-16/h3-7,12-13H,8-11H2,1-2H3,(H,22,25). The van der Waals surface area contributed by atoms with E-state index >= 15 is 0 Å². The van der Waals surface area contributed by atoms with Crippen molar-refractivity contribution < 1.29 is 14.3 Å². The van der Waals surface area contributed by atoms with Crippen LogP contribution in [0.15, 0.2) is 42.5 Å². The third-order valence-electron chi connectivity index (χ3n) is 4.54. The van der Waals surface area contributed by atoms with E-state index in [1.807, 2.05) is 37.3 Å². The highest BCUT2D eigenvalue weighted by Gasteiger charge is 2.26. The van der Waals surface area contributed by atoms with Crippen molar-refractivity contribution in [1.82, 2.24) is 4.90 Å². The minimum absolute atomic E-state index is 0.476. The number of anilines is 2. The lowest BCUT2D eigenvalue weighted by atomic mass is 10.2. The van der Waals surface area contributed by atoms with Gasteiger partial charge in [0.2, 0.25) is 0 Å². The second-order valence-electron chi connectivity index (χ2n) is 6.42. The van der Waals surface area contributed by atoms with Gasteiger partial charge >= 0.3 is 11.8 Å². The fourth-order valence-corrected chi connectivity index (χ4v) is 3.26. The molecule has 0 aromatic heterocycles. The van der Waals surface area contributed by atoms with Crippen LogP contribution in [0.3, 0.4) is 0 Å². The van der Waals surface area contributed by atoms with Gasteiger partial charge in [-0.1, -0.05) is 23.7 Å². The van der Waals surface area contributed by atoms with Gasteiger partial charge in [0.25, 0.3) is 0 Å². The number of methoxy groups -OCH3 is 1. The predicted molar refractivity (Wildman–Crippen MR) is 107 cm³/mol. The molecule has 6 nitrogen and oxygen atoms in total. The Kier molecular flexibility index (Phi) is 5.86. The van der Waals surface area contributed by atoms with E-state index in [9.17, 15) is 9.59 Å². The molecule has 0 atom stereocenters. The van der Waals surface area contributed by atoms with E-state index in [-0.39, 0.29) is 0 Å². The number of halogens is 1. The van der Waals surface area contributed by atoms with E-state index in [0.29, 0.717) is 42.6 Å². The summed E-state index contributed by atoms with van der Waals surface area (Å²) in [5, 5.41) is 3.34. The fraction of sp³-hybridized carbons (Fsp3) is 0.300. The molecule has 0 radical (unpaired) electrons. The molecule has 0 spiro atoms. The van der Waals surface area contributed by atoms with Crippen LogP contribution in [0, 0.1) is 6.92 Å². The highest BCUT2D eigenvalue weighted by molar-refractivity contribution is 6.39. The molecule has 1 fully saturated rings. The highest BCUT2D eigenvalue weighted by atomic mass is 35.5. The van der Waals surface area contributed by atoms with Crippen LogP contribution in [0.25, 0.3) is 0 Å². The molecule has 142 valence electrons. The van der Waals surface area contributed by atoms with E-state index in [1.165, 1.54) is 7.11 Å². The smallest absolute Gasteiger partial charge is 0.314 e. The van der Waals surface area contributed by atoms with Crippen molar-refractivity contribution in [1.29, 1.82) is 0 Å². The summed E-state index contributed by atoms with van der Waals surface area (Å²) in [6.45, 7) is 4.15. The maximum atomic E-state index is 12.5. The van der Waals surface area contributed by atoms with Gasteiger partial charge in [0, 0.05) is 36.9 Å². The van der Waals surface area contributed by atoms with Crippen LogP contribution in [-0.4, -0.2) is 50.0 Å². The number of carbonyl (C=O) groups excluding carboxylic acids is 2. The molecule has 2 amide bonds. The first-order chi connectivity index (χ1) is 13.0. The van der Waals surface area contributed by atoms with Crippen LogP contribution in [0.4, 0.5) is 11.4 Å². The van der Waals surface area contributed by atoms with Gasteiger partial charge in [-0.2, -0.15) is 0 Å². The molecule has 1 aliphatic heterocycles. The number of nitrogens with one attached hydrogen (secondary N) is 1. The molecule has 0 bridgehead atoms. The molecule has 0 saturated carbocycles. The number of nitrogens with zero attached hydrogens (tertiary/aromatic N) is 2. The van der Waals surface area contributed by atoms with Crippen molar-refractivity contribution in [2.24, 2.45) is 0 Å². The van der Waals surface area contributed by atoms with Crippen LogP contribution in [0.1, 0.15) is 5.56 Å². The zero-order valence-corrected chi connectivity index (χ0v) is 16.1. The molecule has 2 aromatic rings. The molecule has 1 heterocycles. The van der Waals surface area contributed by atoms with Crippen molar-refractivity contribution in [3.63, 3.8) is 0 Å². The monoisotopic (exact) mass is 387 g/mol. The third-order valence-corrected chi connectivity index (χ3v) is 4.77. The first kappa shape index (κ1) is 19.0. The number of piperazine rings is 1. The SMILES string of the molecule is COc1ccc(C)cc1NC(=O)C(=O)N1CCN(c2cccc(Cl)c2)CC1. The lowest BCUT2D eigenvalue weighted by Gasteiger charge is -2.35. The van der Waals surface area contributed by atoms with Crippen molar-refractivity contribution in [3.05, 3.63) is 53.1 Å². The minimum atomic E-state index is -0.657. The van der Waals surface area contributed by atoms with Gasteiger partial charge in [-0.3, -0.25) is 9.59 Å². The number of amides is 2. The maximum absolute atomic E-state index is 12.5. The topological polar surface area (TPSA) is 61.9 Å². The summed E-state index contributed by atoms with van der Waals surface area (Å²) in [5.74, 6) is -0.674. The Balaban J connectivity index is 1.60. The van der Waals surface area contributed by atoms with Crippen LogP contribution in [-0.2, 0) is 9.59 Å². The largest absolute Gasteiger partial charge is 0.495 e. The van der Waals surface area contributed by atoms with E-state index in [1.54, 1.807) is 17.0 Å². The number of aryl methyl sites for hydroxylation is 1. The molecular weight excluding hydrogens is 366 g/mol. The van der Waals surface area contributed by atoms with Gasteiger partial charge in [-0.05, 0) is 42.8 Å². The van der Waals surface area contributed by atoms with Gasteiger partial charge < -0.3 is 19.9 Å². The molecule has 2 aromatic carbocycles. The molecule has 1 N–H and O–H groups in total. The predicted octanol–water partition coefficient (Wildman–Crippen LogP) is 2.94.